The van der Waals surface area contributed by atoms with Gasteiger partial charge in [0.15, 0.2) is 4.34 Å². The zero-order chi connectivity index (χ0) is 13.7. The predicted octanol–water partition coefficient (Wildman–Crippen LogP) is 3.27. The van der Waals surface area contributed by atoms with Crippen molar-refractivity contribution in [1.29, 1.82) is 0 Å². The van der Waals surface area contributed by atoms with Crippen LogP contribution >= 0.6 is 23.1 Å². The highest BCUT2D eigenvalue weighted by molar-refractivity contribution is 8.01. The fourth-order valence-corrected chi connectivity index (χ4v) is 3.97. The van der Waals surface area contributed by atoms with E-state index >= 15 is 0 Å². The number of aromatic nitrogens is 1. The van der Waals surface area contributed by atoms with Crippen molar-refractivity contribution in [1.82, 2.24) is 4.98 Å². The molecule has 0 spiro atoms. The average molecular weight is 296 g/mol. The number of thioether (sulfide) groups is 1. The molecule has 1 heterocycles. The summed E-state index contributed by atoms with van der Waals surface area (Å²) in [4.78, 5) is 4.58. The molecule has 5 heteroatoms. The number of hydrogen-bond acceptors (Lipinski definition) is 5. The number of aliphatic hydroxyl groups is 1. The second kappa shape index (κ2) is 6.70. The van der Waals surface area contributed by atoms with Gasteiger partial charge >= 0.3 is 0 Å². The molecule has 0 fully saturated rings. The first kappa shape index (κ1) is 14.8. The number of fused-ring (bicyclic) bond motifs is 1. The molecule has 0 aliphatic carbocycles. The molecule has 0 amide bonds. The third-order valence-electron chi connectivity index (χ3n) is 3.32. The van der Waals surface area contributed by atoms with Crippen LogP contribution in [0.25, 0.3) is 10.2 Å². The molecule has 1 unspecified atom stereocenters. The minimum absolute atomic E-state index is 0.343. The van der Waals surface area contributed by atoms with Gasteiger partial charge in [-0.1, -0.05) is 30.8 Å². The van der Waals surface area contributed by atoms with E-state index in [2.05, 4.69) is 11.1 Å². The van der Waals surface area contributed by atoms with Crippen molar-refractivity contribution in [3.63, 3.8) is 0 Å². The second-order valence-electron chi connectivity index (χ2n) is 4.68. The van der Waals surface area contributed by atoms with Gasteiger partial charge in [0.1, 0.15) is 0 Å². The highest BCUT2D eigenvalue weighted by Gasteiger charge is 2.21. The number of hydrogen-bond donors (Lipinski definition) is 2. The molecule has 3 nitrogen and oxygen atoms in total. The number of thiazole rings is 1. The normalized spacial score (nSPS) is 14.7. The molecule has 0 saturated carbocycles. The zero-order valence-corrected chi connectivity index (χ0v) is 12.8. The summed E-state index contributed by atoms with van der Waals surface area (Å²) < 4.78 is 2.34. The third-order valence-corrected chi connectivity index (χ3v) is 5.59. The minimum atomic E-state index is -0.686. The third kappa shape index (κ3) is 3.92. The fraction of sp³-hybridized carbons (Fsp3) is 0.500. The van der Waals surface area contributed by atoms with Gasteiger partial charge in [0.2, 0.25) is 0 Å². The van der Waals surface area contributed by atoms with Gasteiger partial charge in [-0.15, -0.1) is 11.3 Å². The molecule has 1 aromatic carbocycles. The summed E-state index contributed by atoms with van der Waals surface area (Å²) in [5, 5.41) is 10.1. The molecule has 1 atom stereocenters. The maximum Gasteiger partial charge on any atom is 0.151 e. The van der Waals surface area contributed by atoms with Gasteiger partial charge in [-0.25, -0.2) is 4.98 Å². The summed E-state index contributed by atoms with van der Waals surface area (Å²) in [6.07, 6.45) is 2.44. The summed E-state index contributed by atoms with van der Waals surface area (Å²) in [7, 11) is 0. The van der Waals surface area contributed by atoms with Gasteiger partial charge in [-0.05, 0) is 31.4 Å². The Morgan fingerprint density at radius 3 is 2.89 bits per heavy atom. The monoisotopic (exact) mass is 296 g/mol. The number of nitrogens with zero attached hydrogens (tertiary/aromatic N) is 1. The van der Waals surface area contributed by atoms with Crippen LogP contribution in [0.3, 0.4) is 0 Å². The van der Waals surface area contributed by atoms with Crippen LogP contribution in [0.1, 0.15) is 26.2 Å². The van der Waals surface area contributed by atoms with Crippen LogP contribution < -0.4 is 5.73 Å². The average Bonchev–Trinajstić information content (AvgIpc) is 2.86. The topological polar surface area (TPSA) is 59.1 Å². The molecule has 3 N–H and O–H groups in total. The molecule has 0 aliphatic heterocycles. The summed E-state index contributed by atoms with van der Waals surface area (Å²) >= 11 is 3.49. The number of para-hydroxylation sites is 1. The van der Waals surface area contributed by atoms with Gasteiger partial charge in [0, 0.05) is 12.3 Å². The summed E-state index contributed by atoms with van der Waals surface area (Å²) in [6.45, 7) is 2.32. The van der Waals surface area contributed by atoms with Crippen molar-refractivity contribution in [3.8, 4) is 0 Å². The lowest BCUT2D eigenvalue weighted by Gasteiger charge is -2.24. The summed E-state index contributed by atoms with van der Waals surface area (Å²) in [6, 6.07) is 8.19. The smallest absolute Gasteiger partial charge is 0.151 e. The van der Waals surface area contributed by atoms with E-state index in [1.165, 1.54) is 4.70 Å². The lowest BCUT2D eigenvalue weighted by molar-refractivity contribution is 0.0360. The minimum Gasteiger partial charge on any atom is -0.389 e. The van der Waals surface area contributed by atoms with E-state index in [0.29, 0.717) is 6.54 Å². The Morgan fingerprint density at radius 1 is 1.42 bits per heavy atom. The summed E-state index contributed by atoms with van der Waals surface area (Å²) in [5.74, 6) is 0.974. The van der Waals surface area contributed by atoms with Crippen molar-refractivity contribution in [2.75, 3.05) is 12.3 Å². The number of rotatable bonds is 7. The maximum atomic E-state index is 10.1. The van der Waals surface area contributed by atoms with E-state index < -0.39 is 5.60 Å². The predicted molar refractivity (Wildman–Crippen MR) is 83.9 cm³/mol. The van der Waals surface area contributed by atoms with E-state index in [0.717, 1.165) is 34.9 Å². The molecule has 2 aromatic rings. The van der Waals surface area contributed by atoms with Crippen molar-refractivity contribution in [2.24, 2.45) is 5.73 Å². The van der Waals surface area contributed by atoms with Gasteiger partial charge in [-0.3, -0.25) is 0 Å². The van der Waals surface area contributed by atoms with Gasteiger partial charge < -0.3 is 10.8 Å². The van der Waals surface area contributed by atoms with E-state index in [1.54, 1.807) is 23.1 Å². The Balaban J connectivity index is 1.83. The molecular formula is C14H20N2OS2. The molecule has 0 bridgehead atoms. The molecule has 1 aromatic heterocycles. The van der Waals surface area contributed by atoms with E-state index in [1.807, 2.05) is 25.1 Å². The largest absolute Gasteiger partial charge is 0.389 e. The van der Waals surface area contributed by atoms with E-state index in [-0.39, 0.29) is 0 Å². The van der Waals surface area contributed by atoms with Crippen molar-refractivity contribution >= 4 is 33.3 Å². The van der Waals surface area contributed by atoms with Crippen molar-refractivity contribution < 1.29 is 5.11 Å². The Kier molecular flexibility index (Phi) is 5.21. The Morgan fingerprint density at radius 2 is 2.21 bits per heavy atom. The van der Waals surface area contributed by atoms with Crippen LogP contribution in [-0.4, -0.2) is 28.0 Å². The van der Waals surface area contributed by atoms with Crippen molar-refractivity contribution in [3.05, 3.63) is 24.3 Å². The first-order valence-electron chi connectivity index (χ1n) is 6.58. The molecule has 0 radical (unpaired) electrons. The van der Waals surface area contributed by atoms with Crippen LogP contribution in [0.4, 0.5) is 0 Å². The van der Waals surface area contributed by atoms with E-state index in [4.69, 9.17) is 5.73 Å². The number of nitrogens with two attached hydrogens (primary N) is 1. The first-order valence-corrected chi connectivity index (χ1v) is 8.38. The van der Waals surface area contributed by atoms with Crippen molar-refractivity contribution in [2.45, 2.75) is 36.1 Å². The molecule has 19 heavy (non-hydrogen) atoms. The molecule has 104 valence electrons. The summed E-state index contributed by atoms with van der Waals surface area (Å²) in [5.41, 5.74) is 5.98. The van der Waals surface area contributed by atoms with E-state index in [9.17, 15) is 5.11 Å². The van der Waals surface area contributed by atoms with Crippen LogP contribution in [0.15, 0.2) is 28.6 Å². The van der Waals surface area contributed by atoms with Gasteiger partial charge in [-0.2, -0.15) is 0 Å². The second-order valence-corrected chi connectivity index (χ2v) is 7.05. The van der Waals surface area contributed by atoms with Gasteiger partial charge in [0.05, 0.1) is 15.8 Å². The zero-order valence-electron chi connectivity index (χ0n) is 11.1. The standard InChI is InChI=1S/C14H20N2OS2/c1-2-14(17,10-15)8-5-9-18-13-16-11-6-3-4-7-12(11)19-13/h3-4,6-7,17H,2,5,8-10,15H2,1H3. The van der Waals surface area contributed by atoms with Crippen LogP contribution in [-0.2, 0) is 0 Å². The quantitative estimate of drug-likeness (QED) is 0.608. The van der Waals surface area contributed by atoms with Gasteiger partial charge in [0.25, 0.3) is 0 Å². The highest BCUT2D eigenvalue weighted by Crippen LogP contribution is 2.30. The Labute approximate surface area is 122 Å². The molecule has 0 saturated heterocycles. The first-order chi connectivity index (χ1) is 9.17. The van der Waals surface area contributed by atoms with Crippen LogP contribution in [0.5, 0.6) is 0 Å². The number of benzene rings is 1. The molecule has 2 rings (SSSR count). The molecular weight excluding hydrogens is 276 g/mol. The van der Waals surface area contributed by atoms with Crippen LogP contribution in [0, 0.1) is 0 Å². The lowest BCUT2D eigenvalue weighted by Crippen LogP contribution is -2.36. The fourth-order valence-electron chi connectivity index (χ4n) is 1.90. The SMILES string of the molecule is CCC(O)(CN)CCCSc1nc2ccccc2s1. The molecule has 0 aliphatic rings. The highest BCUT2D eigenvalue weighted by atomic mass is 32.2. The van der Waals surface area contributed by atoms with Crippen LogP contribution in [0.2, 0.25) is 0 Å². The Hall–Kier alpha value is -0.620. The lowest BCUT2D eigenvalue weighted by atomic mass is 9.95. The maximum absolute atomic E-state index is 10.1. The Bertz CT molecular complexity index is 490.